The molecule has 0 spiro atoms. The van der Waals surface area contributed by atoms with Gasteiger partial charge in [-0.05, 0) is 45.2 Å². The first-order valence-electron chi connectivity index (χ1n) is 19.1. The van der Waals surface area contributed by atoms with E-state index in [1.54, 1.807) is 0 Å². The van der Waals surface area contributed by atoms with E-state index in [4.69, 9.17) is 0 Å². The quantitative estimate of drug-likeness (QED) is 0.0553. The van der Waals surface area contributed by atoms with Crippen molar-refractivity contribution in [3.63, 3.8) is 0 Å². The van der Waals surface area contributed by atoms with Gasteiger partial charge in [0.15, 0.2) is 0 Å². The van der Waals surface area contributed by atoms with E-state index >= 15 is 0 Å². The Morgan fingerprint density at radius 3 is 0.976 bits per heavy atom. The number of carboxylic acids is 1. The van der Waals surface area contributed by atoms with Crippen molar-refractivity contribution in [2.45, 2.75) is 226 Å². The van der Waals surface area contributed by atoms with Gasteiger partial charge in [0.2, 0.25) is 0 Å². The molecule has 42 heavy (non-hydrogen) atoms. The second kappa shape index (κ2) is 37.2. The number of rotatable bonds is 35. The van der Waals surface area contributed by atoms with Crippen LogP contribution in [-0.4, -0.2) is 30.0 Å². The van der Waals surface area contributed by atoms with Gasteiger partial charge in [-0.2, -0.15) is 0 Å². The molecule has 0 bridgehead atoms. The molecule has 0 radical (unpaired) electrons. The summed E-state index contributed by atoms with van der Waals surface area (Å²) in [5.74, 6) is -0.892. The molecule has 0 aliphatic heterocycles. The maximum Gasteiger partial charge on any atom is 1.00 e. The Labute approximate surface area is 277 Å². The van der Waals surface area contributed by atoms with Crippen LogP contribution in [0.1, 0.15) is 220 Å². The van der Waals surface area contributed by atoms with Crippen LogP contribution < -0.4 is 24.0 Å². The van der Waals surface area contributed by atoms with E-state index in [-0.39, 0.29) is 25.3 Å². The van der Waals surface area contributed by atoms with E-state index in [9.17, 15) is 9.90 Å². The van der Waals surface area contributed by atoms with Gasteiger partial charge in [-0.25, -0.2) is 0 Å². The van der Waals surface area contributed by atoms with E-state index in [0.717, 1.165) is 25.9 Å². The van der Waals surface area contributed by atoms with Crippen LogP contribution in [0.3, 0.4) is 0 Å². The van der Waals surface area contributed by atoms with Gasteiger partial charge < -0.3 is 14.8 Å². The molecule has 0 rings (SSSR count). The summed E-state index contributed by atoms with van der Waals surface area (Å²) < 4.78 is 0. The monoisotopic (exact) mass is 586 g/mol. The molecule has 0 aromatic rings. The maximum atomic E-state index is 11.1. The van der Waals surface area contributed by atoms with Crippen LogP contribution in [0, 0.1) is 0 Å². The number of nitrogens with zero attached hydrogens (tertiary/aromatic N) is 1. The van der Waals surface area contributed by atoms with Crippen LogP contribution in [-0.2, 0) is 4.79 Å². The molecule has 4 heteroatoms. The molecule has 0 saturated carbocycles. The molecule has 1 atom stereocenters. The summed E-state index contributed by atoms with van der Waals surface area (Å²) in [6, 6.07) is 0.400. The van der Waals surface area contributed by atoms with Crippen molar-refractivity contribution in [1.82, 2.24) is 4.90 Å². The first-order chi connectivity index (χ1) is 20.2. The van der Waals surface area contributed by atoms with Crippen molar-refractivity contribution in [2.24, 2.45) is 0 Å². The summed E-state index contributed by atoms with van der Waals surface area (Å²) in [6.07, 6.45) is 41.1. The van der Waals surface area contributed by atoms with Gasteiger partial charge in [-0.3, -0.25) is 0 Å². The average molecular weight is 586 g/mol. The number of unbranched alkanes of at least 4 members (excludes halogenated alkanes) is 26. The van der Waals surface area contributed by atoms with Crippen LogP contribution in [0.25, 0.3) is 0 Å². The smallest absolute Gasteiger partial charge is 0.550 e. The molecule has 0 aromatic carbocycles. The minimum Gasteiger partial charge on any atom is -0.550 e. The minimum absolute atomic E-state index is 0. The Bertz CT molecular complexity index is 483. The van der Waals surface area contributed by atoms with E-state index < -0.39 is 5.97 Å². The van der Waals surface area contributed by atoms with E-state index in [1.165, 1.54) is 180 Å². The van der Waals surface area contributed by atoms with Crippen molar-refractivity contribution < 1.29 is 28.8 Å². The summed E-state index contributed by atoms with van der Waals surface area (Å²) in [5.41, 5.74) is 0. The fourth-order valence-electron chi connectivity index (χ4n) is 6.43. The largest absolute Gasteiger partial charge is 1.00 e. The van der Waals surface area contributed by atoms with Crippen molar-refractivity contribution in [3.8, 4) is 0 Å². The second-order valence-electron chi connectivity index (χ2n) is 13.2. The number of carboxylic acid groups (broad SMARTS) is 1. The summed E-state index contributed by atoms with van der Waals surface area (Å²) in [5, 5.41) is 11.1. The molecule has 0 saturated heterocycles. The van der Waals surface area contributed by atoms with Gasteiger partial charge in [-0.1, -0.05) is 188 Å². The van der Waals surface area contributed by atoms with Crippen molar-refractivity contribution in [1.29, 1.82) is 0 Å². The zero-order valence-corrected chi connectivity index (χ0v) is 29.7. The van der Waals surface area contributed by atoms with Gasteiger partial charge in [0, 0.05) is 12.0 Å². The summed E-state index contributed by atoms with van der Waals surface area (Å²) in [7, 11) is 0. The zero-order valence-electron chi connectivity index (χ0n) is 29.7. The molecule has 0 aliphatic carbocycles. The van der Waals surface area contributed by atoms with Crippen molar-refractivity contribution >= 4 is 5.97 Å². The van der Waals surface area contributed by atoms with Gasteiger partial charge in [-0.15, -0.1) is 0 Å². The van der Waals surface area contributed by atoms with Crippen LogP contribution >= 0.6 is 0 Å². The number of hydrogen-bond acceptors (Lipinski definition) is 3. The van der Waals surface area contributed by atoms with Crippen LogP contribution in [0.15, 0.2) is 0 Å². The zero-order chi connectivity index (χ0) is 30.1. The summed E-state index contributed by atoms with van der Waals surface area (Å²) in [6.45, 7) is 9.09. The number of hydrogen-bond donors (Lipinski definition) is 0. The predicted molar refractivity (Wildman–Crippen MR) is 181 cm³/mol. The standard InChI is InChI=1S/C38H77NO2.Li/c1-4-7-9-11-13-15-17-19-21-23-25-27-29-31-35-39(37(6-3)33-34-38(40)41)36-32-30-28-26-24-22-20-18-16-14-12-10-8-5-2;/h37H,4-36H2,1-3H3,(H,40,41);/q;+1/p-1. The predicted octanol–water partition coefficient (Wildman–Crippen LogP) is 8.56. The SMILES string of the molecule is CCCCCCCCCCCCCCCCN(CCCCCCCCCCCCCCCC)C(CC)CCC(=O)[O-].[Li+]. The molecule has 0 fully saturated rings. The first-order valence-corrected chi connectivity index (χ1v) is 19.1. The van der Waals surface area contributed by atoms with Gasteiger partial charge in [0.25, 0.3) is 0 Å². The molecule has 0 aliphatic rings. The Morgan fingerprint density at radius 1 is 0.476 bits per heavy atom. The first kappa shape index (κ1) is 44.2. The topological polar surface area (TPSA) is 43.4 Å². The summed E-state index contributed by atoms with van der Waals surface area (Å²) >= 11 is 0. The molecule has 3 nitrogen and oxygen atoms in total. The Morgan fingerprint density at radius 2 is 0.738 bits per heavy atom. The van der Waals surface area contributed by atoms with Crippen molar-refractivity contribution in [3.05, 3.63) is 0 Å². The van der Waals surface area contributed by atoms with E-state index in [1.807, 2.05) is 0 Å². The van der Waals surface area contributed by atoms with Gasteiger partial charge in [0.1, 0.15) is 0 Å². The Kier molecular flexibility index (Phi) is 39.1. The molecule has 246 valence electrons. The fourth-order valence-corrected chi connectivity index (χ4v) is 6.43. The van der Waals surface area contributed by atoms with Gasteiger partial charge in [0.05, 0.1) is 0 Å². The third-order valence-electron chi connectivity index (χ3n) is 9.27. The molecular formula is C38H76LiNO2. The normalized spacial score (nSPS) is 12.1. The number of carbonyl (C=O) groups is 1. The van der Waals surface area contributed by atoms with Crippen LogP contribution in [0.5, 0.6) is 0 Å². The molecule has 0 aromatic heterocycles. The van der Waals surface area contributed by atoms with Gasteiger partial charge >= 0.3 is 18.9 Å². The van der Waals surface area contributed by atoms with Crippen LogP contribution in [0.4, 0.5) is 0 Å². The fraction of sp³-hybridized carbons (Fsp3) is 0.974. The molecule has 0 heterocycles. The molecular weight excluding hydrogens is 509 g/mol. The molecule has 1 unspecified atom stereocenters. The van der Waals surface area contributed by atoms with E-state index in [2.05, 4.69) is 25.7 Å². The van der Waals surface area contributed by atoms with E-state index in [0.29, 0.717) is 6.04 Å². The Hall–Kier alpha value is 0.0274. The van der Waals surface area contributed by atoms with Crippen LogP contribution in [0.2, 0.25) is 0 Å². The van der Waals surface area contributed by atoms with Crippen molar-refractivity contribution in [2.75, 3.05) is 13.1 Å². The maximum absolute atomic E-state index is 11.1. The number of aliphatic carboxylic acids is 1. The molecule has 0 N–H and O–H groups in total. The molecule has 0 amide bonds. The third kappa shape index (κ3) is 32.9. The second-order valence-corrected chi connectivity index (χ2v) is 13.2. The Balaban J connectivity index is 0. The average Bonchev–Trinajstić information content (AvgIpc) is 2.97. The minimum atomic E-state index is -0.892. The third-order valence-corrected chi connectivity index (χ3v) is 9.27. The number of carbonyl (C=O) groups excluding carboxylic acids is 1. The summed E-state index contributed by atoms with van der Waals surface area (Å²) in [4.78, 5) is 13.7.